The van der Waals surface area contributed by atoms with Gasteiger partial charge in [0.15, 0.2) is 0 Å². The molecule has 0 aromatic heterocycles. The molecule has 0 saturated carbocycles. The fourth-order valence-electron chi connectivity index (χ4n) is 1.61. The van der Waals surface area contributed by atoms with Crippen molar-refractivity contribution in [3.63, 3.8) is 0 Å². The Morgan fingerprint density at radius 1 is 0.944 bits per heavy atom. The number of para-hydroxylation sites is 2. The van der Waals surface area contributed by atoms with Gasteiger partial charge in [-0.1, -0.05) is 12.1 Å². The van der Waals surface area contributed by atoms with Crippen LogP contribution in [0.1, 0.15) is 12.5 Å². The molecule has 3 N–H and O–H groups in total. The van der Waals surface area contributed by atoms with E-state index >= 15 is 0 Å². The van der Waals surface area contributed by atoms with Gasteiger partial charge < -0.3 is 15.3 Å². The molecule has 0 fully saturated rings. The Morgan fingerprint density at radius 2 is 1.67 bits per heavy atom. The van der Waals surface area contributed by atoms with Gasteiger partial charge in [-0.05, 0) is 37.3 Å². The highest BCUT2D eigenvalue weighted by atomic mass is 16.3. The summed E-state index contributed by atoms with van der Waals surface area (Å²) in [5.74, 6) is 0.149. The van der Waals surface area contributed by atoms with Crippen molar-refractivity contribution in [2.45, 2.75) is 6.92 Å². The minimum absolute atomic E-state index is 0.0319. The standard InChI is InChI=1S/C14H13NO3/c1-9(11-8-10(16)6-7-13(11)17)15-12-4-2-3-5-14(12)18/h2-8,16-18H,1H3. The van der Waals surface area contributed by atoms with Gasteiger partial charge in [0.2, 0.25) is 0 Å². The van der Waals surface area contributed by atoms with Gasteiger partial charge >= 0.3 is 0 Å². The zero-order valence-corrected chi connectivity index (χ0v) is 9.83. The molecule has 0 aliphatic heterocycles. The quantitative estimate of drug-likeness (QED) is 0.561. The van der Waals surface area contributed by atoms with Crippen LogP contribution in [-0.4, -0.2) is 21.0 Å². The summed E-state index contributed by atoms with van der Waals surface area (Å²) in [6.45, 7) is 1.70. The average molecular weight is 243 g/mol. The number of hydrogen-bond acceptors (Lipinski definition) is 4. The molecular formula is C14H13NO3. The van der Waals surface area contributed by atoms with Crippen LogP contribution in [0.25, 0.3) is 0 Å². The molecule has 0 spiro atoms. The number of aliphatic imine (C=N–C) groups is 1. The summed E-state index contributed by atoms with van der Waals surface area (Å²) >= 11 is 0. The van der Waals surface area contributed by atoms with Gasteiger partial charge in [-0.2, -0.15) is 0 Å². The van der Waals surface area contributed by atoms with Crippen LogP contribution in [-0.2, 0) is 0 Å². The second-order valence-electron chi connectivity index (χ2n) is 3.89. The molecule has 0 bridgehead atoms. The summed E-state index contributed by atoms with van der Waals surface area (Å²) in [4.78, 5) is 4.23. The molecule has 0 aliphatic carbocycles. The van der Waals surface area contributed by atoms with E-state index in [-0.39, 0.29) is 17.2 Å². The zero-order valence-electron chi connectivity index (χ0n) is 9.83. The number of aromatic hydroxyl groups is 3. The Labute approximate surface area is 104 Å². The molecule has 2 rings (SSSR count). The molecule has 4 nitrogen and oxygen atoms in total. The smallest absolute Gasteiger partial charge is 0.141 e. The third-order valence-electron chi connectivity index (χ3n) is 2.54. The van der Waals surface area contributed by atoms with Crippen LogP contribution in [0.3, 0.4) is 0 Å². The number of phenolic OH excluding ortho intramolecular Hbond substituents is 3. The molecular weight excluding hydrogens is 230 g/mol. The van der Waals surface area contributed by atoms with Crippen molar-refractivity contribution in [2.24, 2.45) is 4.99 Å². The van der Waals surface area contributed by atoms with E-state index in [1.165, 1.54) is 24.3 Å². The van der Waals surface area contributed by atoms with Crippen LogP contribution >= 0.6 is 0 Å². The van der Waals surface area contributed by atoms with Crippen LogP contribution in [0.15, 0.2) is 47.5 Å². The molecule has 0 amide bonds. The van der Waals surface area contributed by atoms with E-state index in [2.05, 4.69) is 4.99 Å². The Morgan fingerprint density at radius 3 is 2.39 bits per heavy atom. The maximum absolute atomic E-state index is 9.70. The molecule has 2 aromatic carbocycles. The summed E-state index contributed by atoms with van der Waals surface area (Å²) < 4.78 is 0. The van der Waals surface area contributed by atoms with Gasteiger partial charge in [0.1, 0.15) is 22.9 Å². The van der Waals surface area contributed by atoms with Crippen LogP contribution < -0.4 is 0 Å². The first kappa shape index (κ1) is 12.0. The highest BCUT2D eigenvalue weighted by Gasteiger charge is 2.07. The molecule has 0 unspecified atom stereocenters. The molecule has 2 aromatic rings. The highest BCUT2D eigenvalue weighted by molar-refractivity contribution is 6.03. The molecule has 0 heterocycles. The number of benzene rings is 2. The van der Waals surface area contributed by atoms with Crippen molar-refractivity contribution in [3.8, 4) is 17.2 Å². The average Bonchev–Trinajstić information content (AvgIpc) is 2.35. The van der Waals surface area contributed by atoms with E-state index in [4.69, 9.17) is 0 Å². The number of hydrogen-bond donors (Lipinski definition) is 3. The Bertz CT molecular complexity index is 606. The molecule has 92 valence electrons. The minimum Gasteiger partial charge on any atom is -0.508 e. The van der Waals surface area contributed by atoms with Crippen LogP contribution in [0.5, 0.6) is 17.2 Å². The maximum atomic E-state index is 9.70. The molecule has 4 heteroatoms. The summed E-state index contributed by atoms with van der Waals surface area (Å²) in [5, 5.41) is 28.7. The molecule has 0 radical (unpaired) electrons. The Kier molecular flexibility index (Phi) is 3.19. The van der Waals surface area contributed by atoms with Crippen LogP contribution in [0.4, 0.5) is 5.69 Å². The van der Waals surface area contributed by atoms with Crippen molar-refractivity contribution in [3.05, 3.63) is 48.0 Å². The second-order valence-corrected chi connectivity index (χ2v) is 3.89. The van der Waals surface area contributed by atoms with Gasteiger partial charge in [-0.15, -0.1) is 0 Å². The molecule has 0 aliphatic rings. The van der Waals surface area contributed by atoms with E-state index in [1.807, 2.05) is 0 Å². The van der Waals surface area contributed by atoms with Crippen molar-refractivity contribution in [1.82, 2.24) is 0 Å². The van der Waals surface area contributed by atoms with E-state index in [0.29, 0.717) is 17.0 Å². The van der Waals surface area contributed by atoms with Gasteiger partial charge in [0, 0.05) is 11.3 Å². The summed E-state index contributed by atoms with van der Waals surface area (Å²) in [5.41, 5.74) is 1.35. The first-order valence-electron chi connectivity index (χ1n) is 5.43. The SMILES string of the molecule is CC(=Nc1ccccc1O)c1cc(O)ccc1O. The molecule has 0 saturated heterocycles. The number of nitrogens with zero attached hydrogens (tertiary/aromatic N) is 1. The van der Waals surface area contributed by atoms with E-state index in [9.17, 15) is 15.3 Å². The fourth-order valence-corrected chi connectivity index (χ4v) is 1.61. The van der Waals surface area contributed by atoms with Gasteiger partial charge in [0.05, 0.1) is 0 Å². The van der Waals surface area contributed by atoms with Crippen molar-refractivity contribution < 1.29 is 15.3 Å². The number of rotatable bonds is 2. The topological polar surface area (TPSA) is 73.1 Å². The summed E-state index contributed by atoms with van der Waals surface area (Å²) in [7, 11) is 0. The number of phenols is 3. The van der Waals surface area contributed by atoms with Crippen molar-refractivity contribution >= 4 is 11.4 Å². The van der Waals surface area contributed by atoms with Gasteiger partial charge in [-0.25, -0.2) is 4.99 Å². The second kappa shape index (κ2) is 4.79. The first-order chi connectivity index (χ1) is 8.58. The highest BCUT2D eigenvalue weighted by Crippen LogP contribution is 2.28. The lowest BCUT2D eigenvalue weighted by Gasteiger charge is -2.05. The predicted octanol–water partition coefficient (Wildman–Crippen LogP) is 2.94. The normalized spacial score (nSPS) is 11.5. The van der Waals surface area contributed by atoms with E-state index in [1.54, 1.807) is 25.1 Å². The predicted molar refractivity (Wildman–Crippen MR) is 69.7 cm³/mol. The lowest BCUT2D eigenvalue weighted by atomic mass is 10.1. The van der Waals surface area contributed by atoms with Crippen LogP contribution in [0.2, 0.25) is 0 Å². The molecule has 0 atom stereocenters. The fraction of sp³-hybridized carbons (Fsp3) is 0.0714. The van der Waals surface area contributed by atoms with E-state index in [0.717, 1.165) is 0 Å². The lowest BCUT2D eigenvalue weighted by molar-refractivity contribution is 0.459. The third kappa shape index (κ3) is 2.43. The monoisotopic (exact) mass is 243 g/mol. The van der Waals surface area contributed by atoms with Crippen LogP contribution in [0, 0.1) is 0 Å². The Balaban J connectivity index is 2.45. The third-order valence-corrected chi connectivity index (χ3v) is 2.54. The van der Waals surface area contributed by atoms with Crippen molar-refractivity contribution in [2.75, 3.05) is 0 Å². The van der Waals surface area contributed by atoms with Gasteiger partial charge in [-0.3, -0.25) is 0 Å². The van der Waals surface area contributed by atoms with E-state index < -0.39 is 0 Å². The first-order valence-corrected chi connectivity index (χ1v) is 5.43. The zero-order chi connectivity index (χ0) is 13.1. The Hall–Kier alpha value is -2.49. The maximum Gasteiger partial charge on any atom is 0.141 e. The molecule has 18 heavy (non-hydrogen) atoms. The summed E-state index contributed by atoms with van der Waals surface area (Å²) in [6.07, 6.45) is 0. The van der Waals surface area contributed by atoms with Crippen molar-refractivity contribution in [1.29, 1.82) is 0 Å². The largest absolute Gasteiger partial charge is 0.508 e. The summed E-state index contributed by atoms with van der Waals surface area (Å²) in [6, 6.07) is 10.9. The van der Waals surface area contributed by atoms with Gasteiger partial charge in [0.25, 0.3) is 0 Å². The minimum atomic E-state index is 0.0319. The lowest BCUT2D eigenvalue weighted by Crippen LogP contribution is -1.94.